The highest BCUT2D eigenvalue weighted by molar-refractivity contribution is 8.13. The van der Waals surface area contributed by atoms with E-state index in [0.29, 0.717) is 0 Å². The number of amidine groups is 1. The highest BCUT2D eigenvalue weighted by atomic mass is 32.2. The summed E-state index contributed by atoms with van der Waals surface area (Å²) in [7, 11) is 0. The fraction of sp³-hybridized carbons (Fsp3) is 0.706. The molecular formula is C17H27N3O2S. The van der Waals surface area contributed by atoms with Gasteiger partial charge in [0.2, 0.25) is 0 Å². The van der Waals surface area contributed by atoms with Crippen molar-refractivity contribution in [2.24, 2.45) is 4.99 Å². The molecule has 1 fully saturated rings. The van der Waals surface area contributed by atoms with Crippen molar-refractivity contribution in [2.75, 3.05) is 51.7 Å². The molecule has 0 saturated carbocycles. The predicted molar refractivity (Wildman–Crippen MR) is 95.1 cm³/mol. The molecule has 0 radical (unpaired) electrons. The number of aryl methyl sites for hydroxylation is 1. The van der Waals surface area contributed by atoms with Crippen molar-refractivity contribution in [2.45, 2.75) is 26.3 Å². The fourth-order valence-electron chi connectivity index (χ4n) is 2.95. The van der Waals surface area contributed by atoms with Crippen molar-refractivity contribution >= 4 is 16.9 Å². The second-order valence-electron chi connectivity index (χ2n) is 6.11. The average Bonchev–Trinajstić information content (AvgIpc) is 3.01. The van der Waals surface area contributed by atoms with Gasteiger partial charge in [-0.2, -0.15) is 0 Å². The van der Waals surface area contributed by atoms with Gasteiger partial charge in [-0.25, -0.2) is 0 Å². The van der Waals surface area contributed by atoms with E-state index in [-0.39, 0.29) is 0 Å². The van der Waals surface area contributed by atoms with Crippen LogP contribution >= 0.6 is 11.8 Å². The van der Waals surface area contributed by atoms with Crippen molar-refractivity contribution < 1.29 is 9.15 Å². The molecule has 0 N–H and O–H groups in total. The molecule has 23 heavy (non-hydrogen) atoms. The van der Waals surface area contributed by atoms with Crippen molar-refractivity contribution in [3.8, 4) is 0 Å². The first-order chi connectivity index (χ1) is 11.3. The zero-order chi connectivity index (χ0) is 15.9. The molecule has 3 heterocycles. The van der Waals surface area contributed by atoms with Crippen LogP contribution in [0, 0.1) is 6.92 Å². The Morgan fingerprint density at radius 3 is 2.87 bits per heavy atom. The SMILES string of the molecule is Cc1ccc(CN(CCCN2CCOCC2)C2=NCCCS2)o1. The molecular weight excluding hydrogens is 310 g/mol. The first kappa shape index (κ1) is 16.9. The Morgan fingerprint density at radius 1 is 1.30 bits per heavy atom. The molecule has 128 valence electrons. The summed E-state index contributed by atoms with van der Waals surface area (Å²) in [6.07, 6.45) is 2.34. The number of hydrogen-bond acceptors (Lipinski definition) is 6. The number of furan rings is 1. The third-order valence-electron chi connectivity index (χ3n) is 4.20. The summed E-state index contributed by atoms with van der Waals surface area (Å²) in [5.74, 6) is 3.19. The second kappa shape index (κ2) is 8.76. The molecule has 0 aromatic carbocycles. The van der Waals surface area contributed by atoms with Gasteiger partial charge >= 0.3 is 0 Å². The smallest absolute Gasteiger partial charge is 0.159 e. The van der Waals surface area contributed by atoms with E-state index in [1.165, 1.54) is 17.3 Å². The average molecular weight is 337 g/mol. The quantitative estimate of drug-likeness (QED) is 0.798. The summed E-state index contributed by atoms with van der Waals surface area (Å²) in [5.41, 5.74) is 0. The third-order valence-corrected chi connectivity index (χ3v) is 5.34. The Morgan fingerprint density at radius 2 is 2.17 bits per heavy atom. The van der Waals surface area contributed by atoms with Crippen LogP contribution in [0.4, 0.5) is 0 Å². The molecule has 1 aromatic heterocycles. The minimum atomic E-state index is 0.822. The van der Waals surface area contributed by atoms with Crippen LogP contribution in [-0.2, 0) is 11.3 Å². The molecule has 0 bridgehead atoms. The van der Waals surface area contributed by atoms with Crippen LogP contribution in [0.5, 0.6) is 0 Å². The highest BCUT2D eigenvalue weighted by Gasteiger charge is 2.17. The van der Waals surface area contributed by atoms with Crippen LogP contribution < -0.4 is 0 Å². The van der Waals surface area contributed by atoms with Crippen LogP contribution in [0.3, 0.4) is 0 Å². The van der Waals surface area contributed by atoms with Crippen LogP contribution in [0.15, 0.2) is 21.5 Å². The van der Waals surface area contributed by atoms with Gasteiger partial charge in [-0.1, -0.05) is 11.8 Å². The lowest BCUT2D eigenvalue weighted by atomic mass is 10.3. The molecule has 0 aliphatic carbocycles. The van der Waals surface area contributed by atoms with E-state index in [9.17, 15) is 0 Å². The molecule has 3 rings (SSSR count). The minimum absolute atomic E-state index is 0.822. The Hall–Kier alpha value is -0.980. The van der Waals surface area contributed by atoms with Crippen LogP contribution in [-0.4, -0.2) is 66.7 Å². The van der Waals surface area contributed by atoms with Gasteiger partial charge in [-0.05, 0) is 31.9 Å². The van der Waals surface area contributed by atoms with Gasteiger partial charge in [-0.3, -0.25) is 9.89 Å². The number of aliphatic imine (C=N–C) groups is 1. The Kier molecular flexibility index (Phi) is 6.42. The van der Waals surface area contributed by atoms with E-state index in [2.05, 4.69) is 15.9 Å². The van der Waals surface area contributed by atoms with Crippen molar-refractivity contribution in [3.05, 3.63) is 23.7 Å². The van der Waals surface area contributed by atoms with Gasteiger partial charge in [0.05, 0.1) is 19.8 Å². The number of rotatable bonds is 6. The first-order valence-electron chi connectivity index (χ1n) is 8.59. The van der Waals surface area contributed by atoms with E-state index in [4.69, 9.17) is 14.1 Å². The Balaban J connectivity index is 1.54. The monoisotopic (exact) mass is 337 g/mol. The molecule has 0 atom stereocenters. The van der Waals surface area contributed by atoms with Crippen LogP contribution in [0.2, 0.25) is 0 Å². The normalized spacial score (nSPS) is 19.6. The number of ether oxygens (including phenoxy) is 1. The van der Waals surface area contributed by atoms with Crippen LogP contribution in [0.25, 0.3) is 0 Å². The van der Waals surface area contributed by atoms with Crippen LogP contribution in [0.1, 0.15) is 24.4 Å². The molecule has 1 aromatic rings. The maximum atomic E-state index is 5.77. The Bertz CT molecular complexity index is 512. The molecule has 0 unspecified atom stereocenters. The minimum Gasteiger partial charge on any atom is -0.464 e. The van der Waals surface area contributed by atoms with E-state index < -0.39 is 0 Å². The number of morpholine rings is 1. The number of nitrogens with zero attached hydrogens (tertiary/aromatic N) is 3. The lowest BCUT2D eigenvalue weighted by Crippen LogP contribution is -2.39. The van der Waals surface area contributed by atoms with Crippen molar-refractivity contribution in [1.82, 2.24) is 9.80 Å². The van der Waals surface area contributed by atoms with Crippen molar-refractivity contribution in [3.63, 3.8) is 0 Å². The summed E-state index contributed by atoms with van der Waals surface area (Å²) in [6, 6.07) is 4.12. The lowest BCUT2D eigenvalue weighted by molar-refractivity contribution is 0.0367. The van der Waals surface area contributed by atoms with E-state index >= 15 is 0 Å². The van der Waals surface area contributed by atoms with Gasteiger partial charge in [0.1, 0.15) is 11.5 Å². The topological polar surface area (TPSA) is 41.2 Å². The zero-order valence-corrected chi connectivity index (χ0v) is 14.8. The number of hydrogen-bond donors (Lipinski definition) is 0. The maximum Gasteiger partial charge on any atom is 0.159 e. The third kappa shape index (κ3) is 5.26. The molecule has 0 spiro atoms. The van der Waals surface area contributed by atoms with E-state index in [0.717, 1.165) is 70.4 Å². The van der Waals surface area contributed by atoms with Gasteiger partial charge in [0, 0.05) is 38.5 Å². The fourth-order valence-corrected chi connectivity index (χ4v) is 3.93. The molecule has 1 saturated heterocycles. The number of thioether (sulfide) groups is 1. The van der Waals surface area contributed by atoms with E-state index in [1.54, 1.807) is 0 Å². The van der Waals surface area contributed by atoms with Gasteiger partial charge in [0.15, 0.2) is 5.17 Å². The van der Waals surface area contributed by atoms with Gasteiger partial charge < -0.3 is 14.1 Å². The molecule has 5 nitrogen and oxygen atoms in total. The summed E-state index contributed by atoms with van der Waals surface area (Å²) in [6.45, 7) is 9.81. The maximum absolute atomic E-state index is 5.77. The summed E-state index contributed by atoms with van der Waals surface area (Å²) >= 11 is 1.88. The predicted octanol–water partition coefficient (Wildman–Crippen LogP) is 2.61. The van der Waals surface area contributed by atoms with Crippen molar-refractivity contribution in [1.29, 1.82) is 0 Å². The largest absolute Gasteiger partial charge is 0.464 e. The van der Waals surface area contributed by atoms with Gasteiger partial charge in [-0.15, -0.1) is 0 Å². The second-order valence-corrected chi connectivity index (χ2v) is 7.17. The molecule has 6 heteroatoms. The first-order valence-corrected chi connectivity index (χ1v) is 9.57. The van der Waals surface area contributed by atoms with Gasteiger partial charge in [0.25, 0.3) is 0 Å². The molecule has 2 aliphatic heterocycles. The summed E-state index contributed by atoms with van der Waals surface area (Å²) < 4.78 is 11.2. The zero-order valence-electron chi connectivity index (χ0n) is 14.0. The molecule has 0 amide bonds. The van der Waals surface area contributed by atoms with E-state index in [1.807, 2.05) is 24.8 Å². The standard InChI is InChI=1S/C17H27N3O2S/c1-15-4-5-16(22-15)14-20(17-18-6-2-13-23-17)8-3-7-19-9-11-21-12-10-19/h4-5H,2-3,6-14H2,1H3. The Labute approximate surface area is 143 Å². The molecule has 2 aliphatic rings. The highest BCUT2D eigenvalue weighted by Crippen LogP contribution is 2.19. The summed E-state index contributed by atoms with van der Waals surface area (Å²) in [4.78, 5) is 9.61. The lowest BCUT2D eigenvalue weighted by Gasteiger charge is -2.30. The summed E-state index contributed by atoms with van der Waals surface area (Å²) in [5, 5.41) is 1.19.